The number of carbonyl (C=O) groups is 1. The van der Waals surface area contributed by atoms with Crippen molar-refractivity contribution in [3.05, 3.63) is 69.2 Å². The van der Waals surface area contributed by atoms with Gasteiger partial charge in [-0.05, 0) is 61.2 Å². The average molecular weight is 303 g/mol. The number of hydrogen-bond acceptors (Lipinski definition) is 2. The number of hydrogen-bond donors (Lipinski definition) is 0. The molecule has 0 amide bonds. The fourth-order valence-corrected chi connectivity index (χ4v) is 2.44. The molecule has 0 saturated carbocycles. The van der Waals surface area contributed by atoms with Crippen molar-refractivity contribution in [2.75, 3.05) is 6.61 Å². The second-order valence-electron chi connectivity index (χ2n) is 5.30. The van der Waals surface area contributed by atoms with Crippen LogP contribution in [-0.2, 0) is 11.3 Å². The van der Waals surface area contributed by atoms with Crippen LogP contribution in [0.5, 0.6) is 0 Å². The second kappa shape index (κ2) is 6.88. The molecule has 0 bridgehead atoms. The van der Waals surface area contributed by atoms with Gasteiger partial charge >= 0.3 is 0 Å². The number of benzene rings is 2. The molecule has 2 aromatic rings. The molecule has 3 heteroatoms. The third-order valence-electron chi connectivity index (χ3n) is 3.53. The molecule has 110 valence electrons. The lowest BCUT2D eigenvalue weighted by Crippen LogP contribution is -2.11. The van der Waals surface area contributed by atoms with E-state index in [0.29, 0.717) is 11.6 Å². The second-order valence-corrected chi connectivity index (χ2v) is 5.73. The van der Waals surface area contributed by atoms with E-state index < -0.39 is 0 Å². The summed E-state index contributed by atoms with van der Waals surface area (Å²) >= 11 is 5.91. The minimum Gasteiger partial charge on any atom is -0.369 e. The van der Waals surface area contributed by atoms with E-state index >= 15 is 0 Å². The molecule has 0 heterocycles. The number of halogens is 1. The molecular weight excluding hydrogens is 284 g/mol. The van der Waals surface area contributed by atoms with Gasteiger partial charge < -0.3 is 4.74 Å². The molecule has 0 aromatic heterocycles. The van der Waals surface area contributed by atoms with E-state index in [0.717, 1.165) is 22.3 Å². The zero-order valence-electron chi connectivity index (χ0n) is 12.6. The predicted octanol–water partition coefficient (Wildman–Crippen LogP) is 4.66. The standard InChI is InChI=1S/C18H19ClO2/c1-12-7-14(3)17(8-13(12)2)18(20)11-21-10-15-5-4-6-16(19)9-15/h4-9H,10-11H2,1-3H3. The molecule has 0 aliphatic rings. The van der Waals surface area contributed by atoms with Crippen molar-refractivity contribution >= 4 is 17.4 Å². The molecular formula is C18H19ClO2. The van der Waals surface area contributed by atoms with Crippen LogP contribution >= 0.6 is 11.6 Å². The summed E-state index contributed by atoms with van der Waals surface area (Å²) in [6.07, 6.45) is 0. The normalized spacial score (nSPS) is 10.7. The van der Waals surface area contributed by atoms with Crippen molar-refractivity contribution in [1.29, 1.82) is 0 Å². The number of aryl methyl sites for hydroxylation is 3. The Labute approximate surface area is 130 Å². The van der Waals surface area contributed by atoms with Crippen LogP contribution in [0, 0.1) is 20.8 Å². The molecule has 0 fully saturated rings. The molecule has 0 saturated heterocycles. The van der Waals surface area contributed by atoms with Gasteiger partial charge in [0.05, 0.1) is 6.61 Å². The van der Waals surface area contributed by atoms with Crippen LogP contribution in [0.2, 0.25) is 5.02 Å². The zero-order valence-corrected chi connectivity index (χ0v) is 13.3. The van der Waals surface area contributed by atoms with Gasteiger partial charge in [-0.25, -0.2) is 0 Å². The molecule has 0 N–H and O–H groups in total. The van der Waals surface area contributed by atoms with Gasteiger partial charge in [0.2, 0.25) is 0 Å². The van der Waals surface area contributed by atoms with Gasteiger partial charge in [-0.1, -0.05) is 29.8 Å². The van der Waals surface area contributed by atoms with Crippen molar-refractivity contribution in [3.8, 4) is 0 Å². The molecule has 0 aliphatic carbocycles. The van der Waals surface area contributed by atoms with Crippen LogP contribution in [0.1, 0.15) is 32.6 Å². The lowest BCUT2D eigenvalue weighted by atomic mass is 9.98. The molecule has 0 spiro atoms. The maximum Gasteiger partial charge on any atom is 0.188 e. The quantitative estimate of drug-likeness (QED) is 0.751. The third kappa shape index (κ3) is 4.16. The van der Waals surface area contributed by atoms with Crippen LogP contribution in [-0.4, -0.2) is 12.4 Å². The fourth-order valence-electron chi connectivity index (χ4n) is 2.23. The lowest BCUT2D eigenvalue weighted by molar-refractivity contribution is 0.0726. The van der Waals surface area contributed by atoms with E-state index in [1.165, 1.54) is 5.56 Å². The summed E-state index contributed by atoms with van der Waals surface area (Å²) in [4.78, 5) is 12.2. The van der Waals surface area contributed by atoms with E-state index in [9.17, 15) is 4.79 Å². The average Bonchev–Trinajstić information content (AvgIpc) is 2.43. The highest BCUT2D eigenvalue weighted by Gasteiger charge is 2.11. The van der Waals surface area contributed by atoms with Crippen molar-refractivity contribution in [2.45, 2.75) is 27.4 Å². The molecule has 2 nitrogen and oxygen atoms in total. The first-order valence-electron chi connectivity index (χ1n) is 6.90. The first-order valence-corrected chi connectivity index (χ1v) is 7.28. The molecule has 0 aliphatic heterocycles. The molecule has 2 rings (SSSR count). The van der Waals surface area contributed by atoms with Gasteiger partial charge in [-0.3, -0.25) is 4.79 Å². The molecule has 0 atom stereocenters. The smallest absolute Gasteiger partial charge is 0.188 e. The highest BCUT2D eigenvalue weighted by Crippen LogP contribution is 2.16. The maximum atomic E-state index is 12.2. The Morgan fingerprint density at radius 2 is 1.76 bits per heavy atom. The van der Waals surface area contributed by atoms with E-state index in [1.54, 1.807) is 0 Å². The minimum atomic E-state index is 0.0117. The highest BCUT2D eigenvalue weighted by atomic mass is 35.5. The SMILES string of the molecule is Cc1cc(C)c(C(=O)COCc2cccc(Cl)c2)cc1C. The molecule has 0 unspecified atom stereocenters. The fraction of sp³-hybridized carbons (Fsp3) is 0.278. The van der Waals surface area contributed by atoms with Crippen LogP contribution in [0.15, 0.2) is 36.4 Å². The number of carbonyl (C=O) groups excluding carboxylic acids is 1. The van der Waals surface area contributed by atoms with Crippen LogP contribution < -0.4 is 0 Å². The summed E-state index contributed by atoms with van der Waals surface area (Å²) in [6, 6.07) is 11.4. The lowest BCUT2D eigenvalue weighted by Gasteiger charge is -2.09. The predicted molar refractivity (Wildman–Crippen MR) is 86.1 cm³/mol. The van der Waals surface area contributed by atoms with E-state index in [4.69, 9.17) is 16.3 Å². The van der Waals surface area contributed by atoms with Gasteiger partial charge in [-0.2, -0.15) is 0 Å². The number of Topliss-reactive ketones (excluding diaryl/α,β-unsaturated/α-hetero) is 1. The Hall–Kier alpha value is -1.64. The molecule has 0 radical (unpaired) electrons. The summed E-state index contributed by atoms with van der Waals surface area (Å²) in [7, 11) is 0. The Morgan fingerprint density at radius 3 is 2.48 bits per heavy atom. The summed E-state index contributed by atoms with van der Waals surface area (Å²) < 4.78 is 5.51. The van der Waals surface area contributed by atoms with Gasteiger partial charge in [0.15, 0.2) is 5.78 Å². The summed E-state index contributed by atoms with van der Waals surface area (Å²) in [5.41, 5.74) is 5.02. The Bertz CT molecular complexity index is 662. The van der Waals surface area contributed by atoms with Crippen LogP contribution in [0.25, 0.3) is 0 Å². The first-order chi connectivity index (χ1) is 9.97. The first kappa shape index (κ1) is 15.7. The Kier molecular flexibility index (Phi) is 5.16. The monoisotopic (exact) mass is 302 g/mol. The van der Waals surface area contributed by atoms with Crippen molar-refractivity contribution in [1.82, 2.24) is 0 Å². The summed E-state index contributed by atoms with van der Waals surface area (Å²) in [5.74, 6) is 0.0117. The van der Waals surface area contributed by atoms with E-state index in [-0.39, 0.29) is 12.4 Å². The van der Waals surface area contributed by atoms with Crippen molar-refractivity contribution in [2.24, 2.45) is 0 Å². The highest BCUT2D eigenvalue weighted by molar-refractivity contribution is 6.30. The van der Waals surface area contributed by atoms with Gasteiger partial charge in [0.25, 0.3) is 0 Å². The van der Waals surface area contributed by atoms with E-state index in [1.807, 2.05) is 57.2 Å². The maximum absolute atomic E-state index is 12.2. The van der Waals surface area contributed by atoms with Crippen LogP contribution in [0.4, 0.5) is 0 Å². The van der Waals surface area contributed by atoms with Gasteiger partial charge in [0, 0.05) is 10.6 Å². The number of rotatable bonds is 5. The van der Waals surface area contributed by atoms with Crippen molar-refractivity contribution < 1.29 is 9.53 Å². The minimum absolute atomic E-state index is 0.0117. The number of ether oxygens (including phenoxy) is 1. The van der Waals surface area contributed by atoms with Crippen LogP contribution in [0.3, 0.4) is 0 Å². The van der Waals surface area contributed by atoms with Crippen molar-refractivity contribution in [3.63, 3.8) is 0 Å². The van der Waals surface area contributed by atoms with Gasteiger partial charge in [0.1, 0.15) is 6.61 Å². The summed E-state index contributed by atoms with van der Waals surface area (Å²) in [5, 5.41) is 0.674. The summed E-state index contributed by atoms with van der Waals surface area (Å²) in [6.45, 7) is 6.48. The Morgan fingerprint density at radius 1 is 1.05 bits per heavy atom. The zero-order chi connectivity index (χ0) is 15.4. The third-order valence-corrected chi connectivity index (χ3v) is 3.77. The number of ketones is 1. The topological polar surface area (TPSA) is 26.3 Å². The molecule has 2 aromatic carbocycles. The van der Waals surface area contributed by atoms with Gasteiger partial charge in [-0.15, -0.1) is 0 Å². The van der Waals surface area contributed by atoms with E-state index in [2.05, 4.69) is 0 Å². The largest absolute Gasteiger partial charge is 0.369 e. The Balaban J connectivity index is 1.98. The molecule has 21 heavy (non-hydrogen) atoms.